The number of hydrogen-bond donors (Lipinski definition) is 4. The number of Topliss-reactive ketones (excluding diaryl/α,β-unsaturated/α-hetero) is 4. The van der Waals surface area contributed by atoms with Crippen molar-refractivity contribution < 1.29 is 77.5 Å². The highest BCUT2D eigenvalue weighted by Gasteiger charge is 2.67. The third kappa shape index (κ3) is 6.70. The molecule has 0 radical (unpaired) electrons. The van der Waals surface area contributed by atoms with Crippen LogP contribution in [0.1, 0.15) is 118 Å². The van der Waals surface area contributed by atoms with E-state index in [4.69, 9.17) is 37.9 Å². The number of phenolic OH excluding ortho intramolecular Hbond substituents is 1. The minimum atomic E-state index is -2.79. The number of benzene rings is 1. The molecule has 4 N–H and O–H groups in total. The fraction of sp³-hybridized carbons (Fsp3) is 0.674. The number of aromatic hydroxyl groups is 1. The summed E-state index contributed by atoms with van der Waals surface area (Å²) in [6.07, 6.45) is -3.16. The topological polar surface area (TPSA) is 223 Å². The summed E-state index contributed by atoms with van der Waals surface area (Å²) in [5.74, 6) is -3.20. The Hall–Kier alpha value is -3.26. The second-order valence-corrected chi connectivity index (χ2v) is 17.8. The largest absolute Gasteiger partial charge is 0.507 e. The fourth-order valence-electron chi connectivity index (χ4n) is 10.4. The van der Waals surface area contributed by atoms with Crippen LogP contribution in [0.25, 0.3) is 0 Å². The van der Waals surface area contributed by atoms with Crippen LogP contribution in [0.2, 0.25) is 0 Å². The summed E-state index contributed by atoms with van der Waals surface area (Å²) in [6, 6.07) is 2.81. The molecule has 59 heavy (non-hydrogen) atoms. The number of carbonyl (C=O) groups is 4. The summed E-state index contributed by atoms with van der Waals surface area (Å²) < 4.78 is 49.0. The van der Waals surface area contributed by atoms with Gasteiger partial charge in [-0.2, -0.15) is 0 Å². The van der Waals surface area contributed by atoms with Gasteiger partial charge in [-0.3, -0.25) is 19.2 Å². The molecule has 16 atom stereocenters. The van der Waals surface area contributed by atoms with Crippen LogP contribution in [0.4, 0.5) is 0 Å². The van der Waals surface area contributed by atoms with Gasteiger partial charge < -0.3 is 58.3 Å². The highest BCUT2D eigenvalue weighted by Crippen LogP contribution is 2.53. The Labute approximate surface area is 340 Å². The van der Waals surface area contributed by atoms with Crippen molar-refractivity contribution in [3.05, 3.63) is 52.1 Å². The maximum atomic E-state index is 14.4. The van der Waals surface area contributed by atoms with E-state index in [1.165, 1.54) is 18.2 Å². The highest BCUT2D eigenvalue weighted by molar-refractivity contribution is 6.32. The number of aliphatic hydroxyl groups excluding tert-OH is 1. The van der Waals surface area contributed by atoms with E-state index in [-0.39, 0.29) is 59.5 Å². The van der Waals surface area contributed by atoms with E-state index in [0.717, 1.165) is 6.08 Å². The van der Waals surface area contributed by atoms with Crippen molar-refractivity contribution in [1.29, 1.82) is 0 Å². The number of hydrogen-bond acceptors (Lipinski definition) is 16. The first-order valence-corrected chi connectivity index (χ1v) is 20.7. The van der Waals surface area contributed by atoms with E-state index in [0.29, 0.717) is 25.7 Å². The Kier molecular flexibility index (Phi) is 10.2. The zero-order valence-electron chi connectivity index (χ0n) is 33.7. The SMILES string of the molecule is CC1OC2OC3C(C)OC(c4ccc5c(c4O)C(=O)C4=C(C5=O)C5(O)C(=O)CC(C)(OC6CCC(OC7CCC(O)C(C)O7)C(C)O6)CC5(O)C=C4)CC3OC2CC1=O. The molecule has 16 heteroatoms. The molecule has 0 amide bonds. The van der Waals surface area contributed by atoms with Crippen LogP contribution in [0.15, 0.2) is 35.4 Å². The monoisotopic (exact) mass is 824 g/mol. The number of aliphatic hydroxyl groups is 3. The van der Waals surface area contributed by atoms with Gasteiger partial charge in [-0.15, -0.1) is 0 Å². The summed E-state index contributed by atoms with van der Waals surface area (Å²) in [6.45, 7) is 8.72. The average molecular weight is 825 g/mol. The molecule has 8 aliphatic rings. The van der Waals surface area contributed by atoms with Crippen LogP contribution in [-0.2, 0) is 47.5 Å². The van der Waals surface area contributed by atoms with E-state index in [1.807, 2.05) is 6.92 Å². The molecule has 320 valence electrons. The van der Waals surface area contributed by atoms with Crippen LogP contribution >= 0.6 is 0 Å². The molecule has 3 aliphatic carbocycles. The lowest BCUT2D eigenvalue weighted by Crippen LogP contribution is -2.69. The van der Waals surface area contributed by atoms with Crippen LogP contribution in [0.5, 0.6) is 5.75 Å². The number of ether oxygens (including phenoxy) is 8. The van der Waals surface area contributed by atoms with Gasteiger partial charge in [0, 0.05) is 55.2 Å². The summed E-state index contributed by atoms with van der Waals surface area (Å²) in [5.41, 5.74) is -7.67. The lowest BCUT2D eigenvalue weighted by atomic mass is 9.57. The highest BCUT2D eigenvalue weighted by atomic mass is 16.7. The first-order valence-electron chi connectivity index (χ1n) is 20.7. The summed E-state index contributed by atoms with van der Waals surface area (Å²) in [4.78, 5) is 55.2. The molecule has 6 fully saturated rings. The quantitative estimate of drug-likeness (QED) is 0.335. The molecule has 5 aliphatic heterocycles. The molecule has 0 aromatic heterocycles. The van der Waals surface area contributed by atoms with Gasteiger partial charge in [0.2, 0.25) is 0 Å². The van der Waals surface area contributed by atoms with E-state index in [9.17, 15) is 39.6 Å². The molecule has 16 nitrogen and oxygen atoms in total. The van der Waals surface area contributed by atoms with E-state index < -0.39 is 120 Å². The Bertz CT molecular complexity index is 2010. The van der Waals surface area contributed by atoms with Crippen molar-refractivity contribution in [1.82, 2.24) is 0 Å². The molecule has 0 spiro atoms. The van der Waals surface area contributed by atoms with E-state index >= 15 is 0 Å². The molecule has 16 unspecified atom stereocenters. The lowest BCUT2D eigenvalue weighted by molar-refractivity contribution is -0.347. The number of phenols is 1. The van der Waals surface area contributed by atoms with E-state index in [1.54, 1.807) is 27.7 Å². The molecule has 1 aromatic rings. The normalized spacial score (nSPS) is 45.9. The van der Waals surface area contributed by atoms with Gasteiger partial charge in [0.05, 0.1) is 59.5 Å². The standard InChI is InChI=1S/C43H52O16/c1-18-25(44)8-10-32(53-18)57-27-9-11-33(54-20(27)3)59-41(5)16-31(46)43(51)35-24(12-13-42(43,50)17-41)37(48)34-23(38(35)49)7-6-22(36(34)47)28-15-29-39(21(4)52-28)58-40-30(56-29)14-26(45)19(2)55-40/h6-7,12-13,18-21,25,27-30,32-33,39-40,44,47,50-51H,8-11,14-17H2,1-5H3. The molecule has 1 saturated carbocycles. The van der Waals surface area contributed by atoms with Crippen molar-refractivity contribution in [2.75, 3.05) is 0 Å². The molecule has 1 aromatic carbocycles. The Morgan fingerprint density at radius 2 is 1.56 bits per heavy atom. The first kappa shape index (κ1) is 41.1. The van der Waals surface area contributed by atoms with Gasteiger partial charge >= 0.3 is 0 Å². The third-order valence-electron chi connectivity index (χ3n) is 13.6. The first-order chi connectivity index (χ1) is 27.9. The predicted molar refractivity (Wildman–Crippen MR) is 200 cm³/mol. The zero-order valence-corrected chi connectivity index (χ0v) is 33.7. The minimum absolute atomic E-state index is 0.0980. The molecule has 0 bridgehead atoms. The van der Waals surface area contributed by atoms with Crippen molar-refractivity contribution in [3.8, 4) is 5.75 Å². The molecule has 5 saturated heterocycles. The maximum Gasteiger partial charge on any atom is 0.198 e. The van der Waals surface area contributed by atoms with Gasteiger partial charge in [-0.1, -0.05) is 12.1 Å². The number of carbonyl (C=O) groups excluding carboxylic acids is 4. The van der Waals surface area contributed by atoms with Crippen molar-refractivity contribution in [2.45, 2.75) is 183 Å². The molecular weight excluding hydrogens is 772 g/mol. The molecular formula is C43H52O16. The number of allylic oxidation sites excluding steroid dienone is 2. The smallest absolute Gasteiger partial charge is 0.198 e. The van der Waals surface area contributed by atoms with Gasteiger partial charge in [0.25, 0.3) is 0 Å². The van der Waals surface area contributed by atoms with Crippen molar-refractivity contribution in [2.24, 2.45) is 0 Å². The van der Waals surface area contributed by atoms with Gasteiger partial charge in [-0.25, -0.2) is 0 Å². The van der Waals surface area contributed by atoms with Gasteiger partial charge in [0.1, 0.15) is 29.7 Å². The molecule has 9 rings (SSSR count). The number of rotatable bonds is 5. The van der Waals surface area contributed by atoms with Crippen molar-refractivity contribution in [3.63, 3.8) is 0 Å². The molecule has 5 heterocycles. The number of ketones is 4. The Morgan fingerprint density at radius 3 is 2.31 bits per heavy atom. The van der Waals surface area contributed by atoms with Gasteiger partial charge in [-0.05, 0) is 59.6 Å². The average Bonchev–Trinajstić information content (AvgIpc) is 3.16. The number of fused-ring (bicyclic) bond motifs is 5. The van der Waals surface area contributed by atoms with E-state index in [2.05, 4.69) is 0 Å². The van der Waals surface area contributed by atoms with Gasteiger partial charge in [0.15, 0.2) is 47.6 Å². The van der Waals surface area contributed by atoms with Crippen molar-refractivity contribution >= 4 is 23.1 Å². The second kappa shape index (κ2) is 14.7. The Balaban J connectivity index is 0.907. The second-order valence-electron chi connectivity index (χ2n) is 17.8. The van der Waals surface area contributed by atoms with Crippen LogP contribution < -0.4 is 0 Å². The predicted octanol–water partition coefficient (Wildman–Crippen LogP) is 2.74. The van der Waals surface area contributed by atoms with Crippen LogP contribution in [0, 0.1) is 0 Å². The summed E-state index contributed by atoms with van der Waals surface area (Å²) in [7, 11) is 0. The van der Waals surface area contributed by atoms with Crippen LogP contribution in [0.3, 0.4) is 0 Å². The summed E-state index contributed by atoms with van der Waals surface area (Å²) >= 11 is 0. The zero-order chi connectivity index (χ0) is 41.9. The third-order valence-corrected chi connectivity index (χ3v) is 13.6. The lowest BCUT2D eigenvalue weighted by Gasteiger charge is -2.53. The minimum Gasteiger partial charge on any atom is -0.507 e. The van der Waals surface area contributed by atoms with Crippen LogP contribution in [-0.4, -0.2) is 134 Å². The maximum absolute atomic E-state index is 14.4. The summed E-state index contributed by atoms with van der Waals surface area (Å²) in [5, 5.41) is 46.1. The Morgan fingerprint density at radius 1 is 0.814 bits per heavy atom. The fourth-order valence-corrected chi connectivity index (χ4v) is 10.4.